The predicted molar refractivity (Wildman–Crippen MR) is 79.4 cm³/mol. The van der Waals surface area contributed by atoms with Crippen LogP contribution < -0.4 is 4.74 Å². The highest BCUT2D eigenvalue weighted by Gasteiger charge is 2.29. The van der Waals surface area contributed by atoms with E-state index in [-0.39, 0.29) is 18.6 Å². The van der Waals surface area contributed by atoms with Crippen LogP contribution in [0.3, 0.4) is 0 Å². The second-order valence-corrected chi connectivity index (χ2v) is 6.90. The Balaban J connectivity index is 2.60. The van der Waals surface area contributed by atoms with E-state index >= 15 is 0 Å². The number of hydrogen-bond donors (Lipinski definition) is 0. The summed E-state index contributed by atoms with van der Waals surface area (Å²) in [4.78, 5) is -1.83. The van der Waals surface area contributed by atoms with Crippen molar-refractivity contribution in [2.75, 3.05) is 0 Å². The van der Waals surface area contributed by atoms with Gasteiger partial charge in [-0.3, -0.25) is 0 Å². The van der Waals surface area contributed by atoms with Crippen molar-refractivity contribution in [3.05, 3.63) is 52.6 Å². The Morgan fingerprint density at radius 1 is 0.963 bits per heavy atom. The fourth-order valence-electron chi connectivity index (χ4n) is 2.31. The third-order valence-electron chi connectivity index (χ3n) is 3.80. The van der Waals surface area contributed by atoms with Gasteiger partial charge < -0.3 is 9.29 Å². The SMILES string of the molecule is CCC(C)c1c(F)c(F)c(Oc2cc(F)c(S(=O)(=O)[O-])c(F)c2)c(F)c1F. The van der Waals surface area contributed by atoms with Crippen molar-refractivity contribution in [3.8, 4) is 11.5 Å². The molecular weight excluding hydrogens is 402 g/mol. The maximum Gasteiger partial charge on any atom is 0.204 e. The van der Waals surface area contributed by atoms with Crippen LogP contribution in [-0.2, 0) is 10.1 Å². The van der Waals surface area contributed by atoms with Crippen molar-refractivity contribution in [3.63, 3.8) is 0 Å². The Bertz CT molecular complexity index is 954. The van der Waals surface area contributed by atoms with Crippen molar-refractivity contribution in [2.24, 2.45) is 0 Å². The average Bonchev–Trinajstić information content (AvgIpc) is 2.55. The summed E-state index contributed by atoms with van der Waals surface area (Å²) in [5.41, 5.74) is -0.856. The molecule has 11 heteroatoms. The molecule has 0 heterocycles. The molecule has 0 saturated heterocycles. The standard InChI is InChI=1S/C16H12F6O4S/c1-3-6(2)10-11(19)13(21)15(14(22)12(10)20)26-7-4-8(17)16(9(18)5-7)27(23,24)25/h4-6H,3H2,1-2H3,(H,23,24,25)/p-1. The molecule has 148 valence electrons. The van der Waals surface area contributed by atoms with Gasteiger partial charge in [-0.25, -0.2) is 26.0 Å². The van der Waals surface area contributed by atoms with E-state index in [0.717, 1.165) is 0 Å². The van der Waals surface area contributed by atoms with E-state index < -0.39 is 72.9 Å². The lowest BCUT2D eigenvalue weighted by atomic mass is 9.96. The van der Waals surface area contributed by atoms with Crippen LogP contribution in [-0.4, -0.2) is 13.0 Å². The van der Waals surface area contributed by atoms with Crippen LogP contribution in [0.5, 0.6) is 11.5 Å². The molecule has 0 fully saturated rings. The normalized spacial score (nSPS) is 12.9. The molecule has 2 aromatic carbocycles. The molecule has 0 saturated carbocycles. The molecule has 0 N–H and O–H groups in total. The first-order valence-electron chi connectivity index (χ1n) is 7.38. The molecule has 0 aliphatic rings. The molecule has 1 atom stereocenters. The van der Waals surface area contributed by atoms with Crippen LogP contribution in [0.4, 0.5) is 26.3 Å². The Labute approximate surface area is 150 Å². The second-order valence-electron chi connectivity index (χ2n) is 5.58. The van der Waals surface area contributed by atoms with Crippen LogP contribution in [0, 0.1) is 34.9 Å². The van der Waals surface area contributed by atoms with Crippen molar-refractivity contribution >= 4 is 10.1 Å². The zero-order chi connectivity index (χ0) is 20.7. The molecule has 0 amide bonds. The maximum absolute atomic E-state index is 14.1. The highest BCUT2D eigenvalue weighted by Crippen LogP contribution is 2.37. The largest absolute Gasteiger partial charge is 0.744 e. The van der Waals surface area contributed by atoms with E-state index in [1.165, 1.54) is 13.8 Å². The van der Waals surface area contributed by atoms with Crippen molar-refractivity contribution in [2.45, 2.75) is 31.1 Å². The molecule has 0 aromatic heterocycles. The van der Waals surface area contributed by atoms with Crippen LogP contribution in [0.15, 0.2) is 17.0 Å². The van der Waals surface area contributed by atoms with Crippen molar-refractivity contribution in [1.29, 1.82) is 0 Å². The van der Waals surface area contributed by atoms with Gasteiger partial charge in [0.15, 0.2) is 11.6 Å². The Morgan fingerprint density at radius 3 is 1.78 bits per heavy atom. The van der Waals surface area contributed by atoms with Gasteiger partial charge in [-0.1, -0.05) is 13.8 Å². The molecule has 2 rings (SSSR count). The van der Waals surface area contributed by atoms with E-state index in [9.17, 15) is 39.3 Å². The molecule has 0 aliphatic carbocycles. The Morgan fingerprint density at radius 2 is 1.41 bits per heavy atom. The van der Waals surface area contributed by atoms with Gasteiger partial charge in [0.25, 0.3) is 0 Å². The molecule has 0 aliphatic heterocycles. The molecule has 1 unspecified atom stereocenters. The second kappa shape index (κ2) is 7.39. The Kier molecular flexibility index (Phi) is 5.76. The van der Waals surface area contributed by atoms with E-state index in [0.29, 0.717) is 0 Å². The van der Waals surface area contributed by atoms with Gasteiger partial charge in [-0.05, 0) is 12.3 Å². The number of halogens is 6. The molecule has 0 spiro atoms. The number of ether oxygens (including phenoxy) is 1. The van der Waals surface area contributed by atoms with Crippen molar-refractivity contribution in [1.82, 2.24) is 0 Å². The van der Waals surface area contributed by atoms with Gasteiger partial charge in [-0.2, -0.15) is 8.78 Å². The summed E-state index contributed by atoms with van der Waals surface area (Å²) >= 11 is 0. The highest BCUT2D eigenvalue weighted by atomic mass is 32.2. The van der Waals surface area contributed by atoms with Gasteiger partial charge in [0.1, 0.15) is 32.4 Å². The summed E-state index contributed by atoms with van der Waals surface area (Å²) in [5.74, 6) is -14.7. The van der Waals surface area contributed by atoms with Crippen LogP contribution in [0.25, 0.3) is 0 Å². The van der Waals surface area contributed by atoms with E-state index in [4.69, 9.17) is 0 Å². The fraction of sp³-hybridized carbons (Fsp3) is 0.250. The summed E-state index contributed by atoms with van der Waals surface area (Å²) in [7, 11) is -5.53. The van der Waals surface area contributed by atoms with Gasteiger partial charge in [0.05, 0.1) is 0 Å². The minimum Gasteiger partial charge on any atom is -0.744 e. The van der Waals surface area contributed by atoms with Crippen molar-refractivity contribution < 1.29 is 44.0 Å². The molecule has 4 nitrogen and oxygen atoms in total. The molecule has 0 bridgehead atoms. The van der Waals surface area contributed by atoms with E-state index in [1.54, 1.807) is 0 Å². The summed E-state index contributed by atoms with van der Waals surface area (Å²) in [6, 6.07) is 0.260. The maximum atomic E-state index is 14.1. The highest BCUT2D eigenvalue weighted by molar-refractivity contribution is 7.85. The molecule has 2 aromatic rings. The lowest BCUT2D eigenvalue weighted by molar-refractivity contribution is 0.352. The van der Waals surface area contributed by atoms with Crippen LogP contribution >= 0.6 is 0 Å². The molecule has 0 radical (unpaired) electrons. The number of rotatable bonds is 5. The minimum absolute atomic E-state index is 0.130. The summed E-state index contributed by atoms with van der Waals surface area (Å²) < 4.78 is 121. The molecule has 27 heavy (non-hydrogen) atoms. The quantitative estimate of drug-likeness (QED) is 0.404. The van der Waals surface area contributed by atoms with Crippen LogP contribution in [0.1, 0.15) is 31.7 Å². The lowest BCUT2D eigenvalue weighted by Crippen LogP contribution is -2.09. The first-order chi connectivity index (χ1) is 12.4. The first kappa shape index (κ1) is 21.0. The van der Waals surface area contributed by atoms with E-state index in [1.807, 2.05) is 0 Å². The zero-order valence-electron chi connectivity index (χ0n) is 13.7. The van der Waals surface area contributed by atoms with E-state index in [2.05, 4.69) is 4.74 Å². The summed E-state index contributed by atoms with van der Waals surface area (Å²) in [6.07, 6.45) is 0.161. The first-order valence-corrected chi connectivity index (χ1v) is 8.79. The zero-order valence-corrected chi connectivity index (χ0v) is 14.6. The van der Waals surface area contributed by atoms with Gasteiger partial charge in [0.2, 0.25) is 17.4 Å². The monoisotopic (exact) mass is 413 g/mol. The predicted octanol–water partition coefficient (Wildman–Crippen LogP) is 4.73. The van der Waals surface area contributed by atoms with Gasteiger partial charge in [0, 0.05) is 17.7 Å². The van der Waals surface area contributed by atoms with Gasteiger partial charge in [-0.15, -0.1) is 0 Å². The smallest absolute Gasteiger partial charge is 0.204 e. The number of benzene rings is 2. The average molecular weight is 413 g/mol. The van der Waals surface area contributed by atoms with Gasteiger partial charge >= 0.3 is 0 Å². The molecular formula is C16H11F6O4S-. The Hall–Kier alpha value is -2.27. The third-order valence-corrected chi connectivity index (χ3v) is 4.69. The summed E-state index contributed by atoms with van der Waals surface area (Å²) in [6.45, 7) is 2.86. The van der Waals surface area contributed by atoms with Crippen LogP contribution in [0.2, 0.25) is 0 Å². The minimum atomic E-state index is -5.53. The topological polar surface area (TPSA) is 66.4 Å². The fourth-order valence-corrected chi connectivity index (χ4v) is 2.90. The lowest BCUT2D eigenvalue weighted by Gasteiger charge is -2.17. The summed E-state index contributed by atoms with van der Waals surface area (Å²) in [5, 5.41) is 0. The number of hydrogen-bond acceptors (Lipinski definition) is 4. The third kappa shape index (κ3) is 3.88.